The van der Waals surface area contributed by atoms with Crippen molar-refractivity contribution in [1.29, 1.82) is 0 Å². The summed E-state index contributed by atoms with van der Waals surface area (Å²) in [6.07, 6.45) is 1.20. The lowest BCUT2D eigenvalue weighted by Crippen LogP contribution is -2.49. The van der Waals surface area contributed by atoms with Crippen molar-refractivity contribution in [3.05, 3.63) is 33.9 Å². The number of nitro benzene ring substituents is 1. The maximum absolute atomic E-state index is 12.4. The van der Waals surface area contributed by atoms with E-state index in [2.05, 4.69) is 4.72 Å². The number of nitrogens with zero attached hydrogens (tertiary/aromatic N) is 1. The van der Waals surface area contributed by atoms with E-state index < -0.39 is 26.2 Å². The molecule has 0 bridgehead atoms. The summed E-state index contributed by atoms with van der Waals surface area (Å²) in [6.45, 7) is 5.30. The number of rotatable bonds is 7. The van der Waals surface area contributed by atoms with Gasteiger partial charge in [-0.2, -0.15) is 0 Å². The molecule has 21 heavy (non-hydrogen) atoms. The van der Waals surface area contributed by atoms with Crippen molar-refractivity contribution in [2.75, 3.05) is 6.54 Å². The van der Waals surface area contributed by atoms with Crippen LogP contribution in [0.3, 0.4) is 0 Å². The minimum absolute atomic E-state index is 0.0355. The average Bonchev–Trinajstić information content (AvgIpc) is 2.44. The second kappa shape index (κ2) is 6.50. The third-order valence-electron chi connectivity index (χ3n) is 3.68. The molecule has 0 spiro atoms. The van der Waals surface area contributed by atoms with Gasteiger partial charge in [0, 0.05) is 18.2 Å². The second-order valence-corrected chi connectivity index (χ2v) is 6.78. The number of benzene rings is 1. The molecule has 118 valence electrons. The highest BCUT2D eigenvalue weighted by Gasteiger charge is 2.30. The Hall–Kier alpha value is -1.51. The fourth-order valence-electron chi connectivity index (χ4n) is 1.94. The minimum Gasteiger partial charge on any atom is -0.324 e. The number of sulfonamides is 1. The molecule has 0 aliphatic carbocycles. The summed E-state index contributed by atoms with van der Waals surface area (Å²) < 4.78 is 27.2. The van der Waals surface area contributed by atoms with Gasteiger partial charge >= 0.3 is 0 Å². The molecule has 1 aromatic carbocycles. The second-order valence-electron chi connectivity index (χ2n) is 5.07. The van der Waals surface area contributed by atoms with Gasteiger partial charge in [-0.25, -0.2) is 13.1 Å². The van der Waals surface area contributed by atoms with Gasteiger partial charge in [-0.1, -0.05) is 26.0 Å². The van der Waals surface area contributed by atoms with Gasteiger partial charge < -0.3 is 5.73 Å². The molecule has 3 N–H and O–H groups in total. The molecule has 0 saturated heterocycles. The van der Waals surface area contributed by atoms with Crippen molar-refractivity contribution in [2.24, 2.45) is 5.73 Å². The van der Waals surface area contributed by atoms with Crippen molar-refractivity contribution in [1.82, 2.24) is 4.72 Å². The van der Waals surface area contributed by atoms with Gasteiger partial charge in [-0.3, -0.25) is 10.1 Å². The van der Waals surface area contributed by atoms with Crippen LogP contribution in [0.25, 0.3) is 0 Å². The summed E-state index contributed by atoms with van der Waals surface area (Å²) in [7, 11) is -3.99. The average molecular weight is 315 g/mol. The van der Waals surface area contributed by atoms with E-state index in [1.54, 1.807) is 0 Å². The molecule has 8 heteroatoms. The molecule has 0 aliphatic heterocycles. The maximum atomic E-state index is 12.4. The molecule has 0 unspecified atom stereocenters. The summed E-state index contributed by atoms with van der Waals surface area (Å²) in [6, 6.07) is 4.16. The summed E-state index contributed by atoms with van der Waals surface area (Å²) >= 11 is 0. The molecule has 1 aromatic rings. The van der Waals surface area contributed by atoms with E-state index in [-0.39, 0.29) is 11.4 Å². The monoisotopic (exact) mass is 315 g/mol. The Morgan fingerprint density at radius 2 is 1.90 bits per heavy atom. The molecule has 0 atom stereocenters. The van der Waals surface area contributed by atoms with Gasteiger partial charge in [0.05, 0.1) is 4.92 Å². The summed E-state index contributed by atoms with van der Waals surface area (Å²) in [5.74, 6) is 0. The van der Waals surface area contributed by atoms with Crippen LogP contribution in [-0.4, -0.2) is 25.4 Å². The van der Waals surface area contributed by atoms with Crippen molar-refractivity contribution >= 4 is 15.7 Å². The SMILES string of the molecule is CCC(N)(CC)CNS(=O)(=O)c1c(C)cccc1[N+](=O)[O-]. The van der Waals surface area contributed by atoms with E-state index in [4.69, 9.17) is 5.73 Å². The molecule has 0 fully saturated rings. The zero-order chi connectivity index (χ0) is 16.3. The van der Waals surface area contributed by atoms with Crippen LogP contribution in [0, 0.1) is 17.0 Å². The first kappa shape index (κ1) is 17.5. The molecule has 0 amide bonds. The van der Waals surface area contributed by atoms with E-state index in [1.165, 1.54) is 25.1 Å². The fraction of sp³-hybridized carbons (Fsp3) is 0.538. The number of aryl methyl sites for hydroxylation is 1. The Bertz CT molecular complexity index is 624. The van der Waals surface area contributed by atoms with Gasteiger partial charge in [0.1, 0.15) is 0 Å². The van der Waals surface area contributed by atoms with E-state index in [9.17, 15) is 18.5 Å². The molecule has 1 rings (SSSR count). The summed E-state index contributed by atoms with van der Waals surface area (Å²) in [4.78, 5) is 10.0. The van der Waals surface area contributed by atoms with E-state index in [0.717, 1.165) is 0 Å². The lowest BCUT2D eigenvalue weighted by Gasteiger charge is -2.26. The van der Waals surface area contributed by atoms with Crippen LogP contribution in [0.15, 0.2) is 23.1 Å². The Labute approximate surface area is 124 Å². The van der Waals surface area contributed by atoms with E-state index in [1.807, 2.05) is 13.8 Å². The third kappa shape index (κ3) is 3.99. The standard InChI is InChI=1S/C13H21N3O4S/c1-4-13(14,5-2)9-15-21(19,20)12-10(3)7-6-8-11(12)16(17)18/h6-8,15H,4-5,9,14H2,1-3H3. The highest BCUT2D eigenvalue weighted by Crippen LogP contribution is 2.27. The van der Waals surface area contributed by atoms with Crippen molar-refractivity contribution in [3.63, 3.8) is 0 Å². The van der Waals surface area contributed by atoms with Crippen molar-refractivity contribution < 1.29 is 13.3 Å². The lowest BCUT2D eigenvalue weighted by atomic mass is 9.95. The van der Waals surface area contributed by atoms with E-state index in [0.29, 0.717) is 18.4 Å². The predicted octanol–water partition coefficient (Wildman–Crippen LogP) is 1.70. The van der Waals surface area contributed by atoms with Crippen LogP contribution in [0.5, 0.6) is 0 Å². The van der Waals surface area contributed by atoms with Crippen LogP contribution < -0.4 is 10.5 Å². The van der Waals surface area contributed by atoms with Gasteiger partial charge in [0.25, 0.3) is 5.69 Å². The predicted molar refractivity (Wildman–Crippen MR) is 80.5 cm³/mol. The van der Waals surface area contributed by atoms with Crippen LogP contribution in [0.4, 0.5) is 5.69 Å². The van der Waals surface area contributed by atoms with Gasteiger partial charge in [-0.05, 0) is 25.3 Å². The van der Waals surface area contributed by atoms with Gasteiger partial charge in [0.15, 0.2) is 4.90 Å². The Morgan fingerprint density at radius 3 is 2.38 bits per heavy atom. The Balaban J connectivity index is 3.18. The summed E-state index contributed by atoms with van der Waals surface area (Å²) in [5, 5.41) is 11.0. The first-order valence-electron chi connectivity index (χ1n) is 6.69. The quantitative estimate of drug-likeness (QED) is 0.587. The fourth-order valence-corrected chi connectivity index (χ4v) is 3.47. The molecular weight excluding hydrogens is 294 g/mol. The molecule has 0 heterocycles. The highest BCUT2D eigenvalue weighted by atomic mass is 32.2. The van der Waals surface area contributed by atoms with Crippen LogP contribution in [0.1, 0.15) is 32.3 Å². The number of nitro groups is 1. The lowest BCUT2D eigenvalue weighted by molar-refractivity contribution is -0.387. The topological polar surface area (TPSA) is 115 Å². The number of hydrogen-bond acceptors (Lipinski definition) is 5. The van der Waals surface area contributed by atoms with Crippen molar-refractivity contribution in [2.45, 2.75) is 44.0 Å². The first-order valence-corrected chi connectivity index (χ1v) is 8.17. The zero-order valence-electron chi connectivity index (χ0n) is 12.4. The number of nitrogens with one attached hydrogen (secondary N) is 1. The van der Waals surface area contributed by atoms with Gasteiger partial charge in [0.2, 0.25) is 10.0 Å². The molecular formula is C13H21N3O4S. The van der Waals surface area contributed by atoms with Crippen LogP contribution in [0.2, 0.25) is 0 Å². The smallest absolute Gasteiger partial charge is 0.289 e. The van der Waals surface area contributed by atoms with Crippen LogP contribution >= 0.6 is 0 Å². The molecule has 0 aliphatic rings. The summed E-state index contributed by atoms with van der Waals surface area (Å²) in [5.41, 5.74) is 5.29. The molecule has 0 saturated carbocycles. The first-order chi connectivity index (χ1) is 9.67. The van der Waals surface area contributed by atoms with Gasteiger partial charge in [-0.15, -0.1) is 0 Å². The minimum atomic E-state index is -3.99. The zero-order valence-corrected chi connectivity index (χ0v) is 13.2. The normalized spacial score (nSPS) is 12.4. The highest BCUT2D eigenvalue weighted by molar-refractivity contribution is 7.89. The molecule has 0 aromatic heterocycles. The maximum Gasteiger partial charge on any atom is 0.289 e. The number of nitrogens with two attached hydrogens (primary N) is 1. The Morgan fingerprint density at radius 1 is 1.33 bits per heavy atom. The van der Waals surface area contributed by atoms with E-state index >= 15 is 0 Å². The van der Waals surface area contributed by atoms with Crippen LogP contribution in [-0.2, 0) is 10.0 Å². The molecule has 7 nitrogen and oxygen atoms in total. The third-order valence-corrected chi connectivity index (χ3v) is 5.27. The largest absolute Gasteiger partial charge is 0.324 e. The number of hydrogen-bond donors (Lipinski definition) is 2. The Kier molecular flexibility index (Phi) is 5.43. The van der Waals surface area contributed by atoms with Crippen molar-refractivity contribution in [3.8, 4) is 0 Å². The molecule has 0 radical (unpaired) electrons.